The second-order valence-electron chi connectivity index (χ2n) is 7.10. The molecule has 23 heavy (non-hydrogen) atoms. The molecule has 2 unspecified atom stereocenters. The molecule has 0 aromatic rings. The van der Waals surface area contributed by atoms with Crippen LogP contribution in [0.2, 0.25) is 0 Å². The second-order valence-corrected chi connectivity index (χ2v) is 9.51. The van der Waals surface area contributed by atoms with E-state index in [1.165, 1.54) is 11.2 Å². The van der Waals surface area contributed by atoms with Crippen molar-refractivity contribution in [1.82, 2.24) is 10.2 Å². The molecule has 1 aliphatic heterocycles. The number of aliphatic carboxylic acids is 1. The lowest BCUT2D eigenvalue weighted by atomic mass is 9.91. The summed E-state index contributed by atoms with van der Waals surface area (Å²) in [5.74, 6) is -1.33. The fraction of sp³-hybridized carbons (Fsp3) is 0.867. The van der Waals surface area contributed by atoms with E-state index in [2.05, 4.69) is 5.32 Å². The van der Waals surface area contributed by atoms with Gasteiger partial charge in [0.15, 0.2) is 9.84 Å². The molecule has 2 aliphatic rings. The van der Waals surface area contributed by atoms with Crippen LogP contribution in [0.4, 0.5) is 4.79 Å². The molecule has 7 nitrogen and oxygen atoms in total. The van der Waals surface area contributed by atoms with Crippen LogP contribution in [-0.4, -0.2) is 61.1 Å². The van der Waals surface area contributed by atoms with Crippen LogP contribution in [-0.2, 0) is 14.6 Å². The first-order chi connectivity index (χ1) is 10.6. The van der Waals surface area contributed by atoms with E-state index in [1.54, 1.807) is 0 Å². The summed E-state index contributed by atoms with van der Waals surface area (Å²) in [6.45, 7) is 2.70. The molecule has 2 amide bonds. The van der Waals surface area contributed by atoms with Crippen molar-refractivity contribution in [1.29, 1.82) is 0 Å². The van der Waals surface area contributed by atoms with Gasteiger partial charge in [-0.05, 0) is 25.2 Å². The van der Waals surface area contributed by atoms with Crippen LogP contribution < -0.4 is 5.32 Å². The smallest absolute Gasteiger partial charge is 0.317 e. The van der Waals surface area contributed by atoms with E-state index in [4.69, 9.17) is 5.11 Å². The van der Waals surface area contributed by atoms with Crippen molar-refractivity contribution in [2.24, 2.45) is 11.8 Å². The molecule has 0 aromatic carbocycles. The molecular formula is C15H26N2O5S. The third-order valence-electron chi connectivity index (χ3n) is 5.16. The van der Waals surface area contributed by atoms with Gasteiger partial charge in [0, 0.05) is 25.9 Å². The summed E-state index contributed by atoms with van der Waals surface area (Å²) in [4.78, 5) is 25.0. The highest BCUT2D eigenvalue weighted by Crippen LogP contribution is 2.36. The number of piperidine rings is 1. The minimum atomic E-state index is -3.25. The van der Waals surface area contributed by atoms with Crippen molar-refractivity contribution in [2.45, 2.75) is 43.8 Å². The third-order valence-corrected chi connectivity index (χ3v) is 7.29. The Kier molecular flexibility index (Phi) is 5.23. The van der Waals surface area contributed by atoms with Crippen molar-refractivity contribution in [3.8, 4) is 0 Å². The quantitative estimate of drug-likeness (QED) is 0.793. The number of likely N-dealkylation sites (tertiary alicyclic amines) is 1. The van der Waals surface area contributed by atoms with E-state index in [-0.39, 0.29) is 25.0 Å². The van der Waals surface area contributed by atoms with E-state index >= 15 is 0 Å². The number of nitrogens with zero attached hydrogens (tertiary/aromatic N) is 1. The van der Waals surface area contributed by atoms with Crippen molar-refractivity contribution in [2.75, 3.05) is 25.9 Å². The zero-order chi connectivity index (χ0) is 17.3. The number of amides is 2. The van der Waals surface area contributed by atoms with Gasteiger partial charge in [-0.2, -0.15) is 0 Å². The van der Waals surface area contributed by atoms with Crippen molar-refractivity contribution in [3.63, 3.8) is 0 Å². The Bertz CT molecular complexity index is 568. The van der Waals surface area contributed by atoms with E-state index in [0.29, 0.717) is 25.8 Å². The van der Waals surface area contributed by atoms with E-state index in [9.17, 15) is 18.0 Å². The minimum Gasteiger partial charge on any atom is -0.481 e. The first-order valence-corrected chi connectivity index (χ1v) is 9.99. The number of carbonyl (C=O) groups excluding carboxylic acids is 1. The molecule has 0 bridgehead atoms. The molecule has 2 fully saturated rings. The number of hydrogen-bond acceptors (Lipinski definition) is 4. The van der Waals surface area contributed by atoms with Gasteiger partial charge in [-0.25, -0.2) is 13.2 Å². The molecular weight excluding hydrogens is 320 g/mol. The Morgan fingerprint density at radius 3 is 2.39 bits per heavy atom. The maximum atomic E-state index is 12.4. The van der Waals surface area contributed by atoms with Gasteiger partial charge in [0.25, 0.3) is 0 Å². The summed E-state index contributed by atoms with van der Waals surface area (Å²) in [7, 11) is -3.25. The number of carboxylic acids is 1. The molecule has 0 aromatic heterocycles. The molecule has 1 saturated carbocycles. The maximum Gasteiger partial charge on any atom is 0.317 e. The Hall–Kier alpha value is -1.31. The molecule has 0 radical (unpaired) electrons. The fourth-order valence-electron chi connectivity index (χ4n) is 3.74. The molecule has 1 saturated heterocycles. The molecule has 2 atom stereocenters. The number of carboxylic acid groups (broad SMARTS) is 1. The number of rotatable bonds is 4. The number of hydrogen-bond donors (Lipinski definition) is 2. The number of urea groups is 1. The van der Waals surface area contributed by atoms with Crippen LogP contribution in [0.5, 0.6) is 0 Å². The van der Waals surface area contributed by atoms with Gasteiger partial charge in [0.2, 0.25) is 0 Å². The molecule has 8 heteroatoms. The first-order valence-electron chi connectivity index (χ1n) is 8.10. The van der Waals surface area contributed by atoms with Crippen LogP contribution in [0.3, 0.4) is 0 Å². The summed E-state index contributed by atoms with van der Waals surface area (Å²) < 4.78 is 23.3. The molecule has 2 rings (SSSR count). The topological polar surface area (TPSA) is 104 Å². The standard InChI is InChI=1S/C15H26N2O5S/c1-11-7-12(13(18)19)9-17(8-11)14(20)16-10-15(23(2,21)22)5-3-4-6-15/h11-12H,3-10H2,1-2H3,(H,16,20)(H,18,19). The van der Waals surface area contributed by atoms with Crippen LogP contribution in [0, 0.1) is 11.8 Å². The molecule has 2 N–H and O–H groups in total. The van der Waals surface area contributed by atoms with Gasteiger partial charge in [0.1, 0.15) is 0 Å². The summed E-state index contributed by atoms with van der Waals surface area (Å²) in [5, 5.41) is 11.9. The lowest BCUT2D eigenvalue weighted by Gasteiger charge is -2.35. The number of sulfone groups is 1. The van der Waals surface area contributed by atoms with Gasteiger partial charge >= 0.3 is 12.0 Å². The monoisotopic (exact) mass is 346 g/mol. The van der Waals surface area contributed by atoms with Crippen molar-refractivity contribution in [3.05, 3.63) is 0 Å². The Morgan fingerprint density at radius 1 is 1.26 bits per heavy atom. The van der Waals surface area contributed by atoms with E-state index < -0.39 is 26.5 Å². The normalized spacial score (nSPS) is 27.7. The highest BCUT2D eigenvalue weighted by molar-refractivity contribution is 7.92. The largest absolute Gasteiger partial charge is 0.481 e. The zero-order valence-corrected chi connectivity index (χ0v) is 14.6. The van der Waals surface area contributed by atoms with Gasteiger partial charge in [0.05, 0.1) is 10.7 Å². The highest BCUT2D eigenvalue weighted by atomic mass is 32.2. The molecule has 1 aliphatic carbocycles. The van der Waals surface area contributed by atoms with Crippen LogP contribution in [0.1, 0.15) is 39.0 Å². The highest BCUT2D eigenvalue weighted by Gasteiger charge is 2.44. The lowest BCUT2D eigenvalue weighted by molar-refractivity contribution is -0.143. The van der Waals surface area contributed by atoms with Gasteiger partial charge in [-0.3, -0.25) is 4.79 Å². The average molecular weight is 346 g/mol. The second kappa shape index (κ2) is 6.67. The van der Waals surface area contributed by atoms with Crippen molar-refractivity contribution < 1.29 is 23.1 Å². The van der Waals surface area contributed by atoms with Crippen molar-refractivity contribution >= 4 is 21.8 Å². The Balaban J connectivity index is 2.00. The zero-order valence-electron chi connectivity index (χ0n) is 13.7. The Morgan fingerprint density at radius 2 is 1.87 bits per heavy atom. The third kappa shape index (κ3) is 3.97. The van der Waals surface area contributed by atoms with Gasteiger partial charge in [-0.15, -0.1) is 0 Å². The first kappa shape index (κ1) is 18.0. The van der Waals surface area contributed by atoms with Gasteiger partial charge < -0.3 is 15.3 Å². The number of carbonyl (C=O) groups is 2. The number of nitrogens with one attached hydrogen (secondary N) is 1. The van der Waals surface area contributed by atoms with Crippen LogP contribution >= 0.6 is 0 Å². The summed E-state index contributed by atoms with van der Waals surface area (Å²) in [6.07, 6.45) is 4.64. The minimum absolute atomic E-state index is 0.104. The predicted molar refractivity (Wildman–Crippen MR) is 85.9 cm³/mol. The van der Waals surface area contributed by atoms with Crippen LogP contribution in [0.15, 0.2) is 0 Å². The van der Waals surface area contributed by atoms with E-state index in [1.807, 2.05) is 6.92 Å². The maximum absolute atomic E-state index is 12.4. The Labute approximate surface area is 137 Å². The predicted octanol–water partition coefficient (Wildman–Crippen LogP) is 1.10. The van der Waals surface area contributed by atoms with E-state index in [0.717, 1.165) is 12.8 Å². The summed E-state index contributed by atoms with van der Waals surface area (Å²) in [5.41, 5.74) is 0. The van der Waals surface area contributed by atoms with Gasteiger partial charge in [-0.1, -0.05) is 19.8 Å². The molecule has 1 heterocycles. The fourth-order valence-corrected chi connectivity index (χ4v) is 5.11. The lowest BCUT2D eigenvalue weighted by Crippen LogP contribution is -2.53. The van der Waals surface area contributed by atoms with Crippen LogP contribution in [0.25, 0.3) is 0 Å². The molecule has 132 valence electrons. The summed E-state index contributed by atoms with van der Waals surface area (Å²) in [6, 6.07) is -0.363. The molecule has 0 spiro atoms. The average Bonchev–Trinajstić information content (AvgIpc) is 2.93. The SMILES string of the molecule is CC1CC(C(=O)O)CN(C(=O)NCC2(S(C)(=O)=O)CCCC2)C1. The summed E-state index contributed by atoms with van der Waals surface area (Å²) >= 11 is 0.